The highest BCUT2D eigenvalue weighted by molar-refractivity contribution is 5.58. The number of rotatable bonds is 2. The van der Waals surface area contributed by atoms with E-state index in [2.05, 4.69) is 23.3 Å². The molecule has 3 N–H and O–H groups in total. The van der Waals surface area contributed by atoms with Crippen LogP contribution in [0.3, 0.4) is 0 Å². The number of aryl methyl sites for hydroxylation is 1. The first-order chi connectivity index (χ1) is 5.92. The van der Waals surface area contributed by atoms with Crippen molar-refractivity contribution in [2.24, 2.45) is 5.73 Å². The van der Waals surface area contributed by atoms with Gasteiger partial charge in [-0.25, -0.2) is 0 Å². The summed E-state index contributed by atoms with van der Waals surface area (Å²) in [7, 11) is 0. The largest absolute Gasteiger partial charge is 0.364 e. The third-order valence-corrected chi connectivity index (χ3v) is 2.35. The molecule has 1 aromatic heterocycles. The van der Waals surface area contributed by atoms with Gasteiger partial charge in [0.15, 0.2) is 0 Å². The third kappa shape index (κ3) is 1.18. The van der Waals surface area contributed by atoms with Crippen LogP contribution >= 0.6 is 0 Å². The van der Waals surface area contributed by atoms with Crippen molar-refractivity contribution in [2.75, 3.05) is 6.54 Å². The minimum Gasteiger partial charge on any atom is -0.364 e. The van der Waals surface area contributed by atoms with Gasteiger partial charge in [-0.1, -0.05) is 12.2 Å². The number of hydrogen-bond donors (Lipinski definition) is 2. The van der Waals surface area contributed by atoms with E-state index in [1.165, 1.54) is 16.8 Å². The van der Waals surface area contributed by atoms with Crippen molar-refractivity contribution in [1.82, 2.24) is 4.98 Å². The second kappa shape index (κ2) is 3.15. The van der Waals surface area contributed by atoms with Crippen molar-refractivity contribution < 1.29 is 0 Å². The maximum atomic E-state index is 5.51. The SMILES string of the molecule is NCCc1c[nH]c2c1C=CCC2. The predicted octanol–water partition coefficient (Wildman–Crippen LogP) is 1.48. The van der Waals surface area contributed by atoms with Gasteiger partial charge in [-0.15, -0.1) is 0 Å². The highest BCUT2D eigenvalue weighted by atomic mass is 14.7. The summed E-state index contributed by atoms with van der Waals surface area (Å²) >= 11 is 0. The molecule has 0 amide bonds. The van der Waals surface area contributed by atoms with Gasteiger partial charge >= 0.3 is 0 Å². The summed E-state index contributed by atoms with van der Waals surface area (Å²) in [5.41, 5.74) is 9.64. The van der Waals surface area contributed by atoms with E-state index in [4.69, 9.17) is 5.73 Å². The Labute approximate surface area is 72.5 Å². The summed E-state index contributed by atoms with van der Waals surface area (Å²) < 4.78 is 0. The molecule has 64 valence electrons. The molecule has 1 aliphatic carbocycles. The molecule has 0 saturated heterocycles. The fourth-order valence-corrected chi connectivity index (χ4v) is 1.73. The monoisotopic (exact) mass is 162 g/mol. The summed E-state index contributed by atoms with van der Waals surface area (Å²) in [6, 6.07) is 0. The van der Waals surface area contributed by atoms with Crippen LogP contribution in [0.2, 0.25) is 0 Å². The number of fused-ring (bicyclic) bond motifs is 1. The smallest absolute Gasteiger partial charge is 0.0226 e. The van der Waals surface area contributed by atoms with Crippen molar-refractivity contribution in [1.29, 1.82) is 0 Å². The van der Waals surface area contributed by atoms with Gasteiger partial charge < -0.3 is 10.7 Å². The maximum absolute atomic E-state index is 5.51. The second-order valence-electron chi connectivity index (χ2n) is 3.19. The van der Waals surface area contributed by atoms with Crippen LogP contribution in [0, 0.1) is 0 Å². The Morgan fingerprint density at radius 1 is 1.50 bits per heavy atom. The number of aromatic amines is 1. The van der Waals surface area contributed by atoms with E-state index in [0.29, 0.717) is 0 Å². The first-order valence-electron chi connectivity index (χ1n) is 4.47. The summed E-state index contributed by atoms with van der Waals surface area (Å²) in [4.78, 5) is 3.30. The van der Waals surface area contributed by atoms with Crippen molar-refractivity contribution in [2.45, 2.75) is 19.3 Å². The molecule has 0 bridgehead atoms. The average Bonchev–Trinajstić information content (AvgIpc) is 2.50. The molecule has 2 heteroatoms. The van der Waals surface area contributed by atoms with Gasteiger partial charge in [0.25, 0.3) is 0 Å². The number of nitrogens with two attached hydrogens (primary N) is 1. The van der Waals surface area contributed by atoms with E-state index in [9.17, 15) is 0 Å². The average molecular weight is 162 g/mol. The molecule has 0 spiro atoms. The maximum Gasteiger partial charge on any atom is 0.0226 e. The molecular formula is C10H14N2. The normalized spacial score (nSPS) is 14.8. The van der Waals surface area contributed by atoms with E-state index in [-0.39, 0.29) is 0 Å². The zero-order chi connectivity index (χ0) is 8.39. The molecule has 0 saturated carbocycles. The first-order valence-corrected chi connectivity index (χ1v) is 4.47. The Balaban J connectivity index is 2.34. The lowest BCUT2D eigenvalue weighted by Crippen LogP contribution is -2.03. The quantitative estimate of drug-likeness (QED) is 0.679. The number of allylic oxidation sites excluding steroid dienone is 1. The molecule has 1 heterocycles. The Hall–Kier alpha value is -1.02. The van der Waals surface area contributed by atoms with Gasteiger partial charge in [0.1, 0.15) is 0 Å². The zero-order valence-electron chi connectivity index (χ0n) is 7.14. The highest BCUT2D eigenvalue weighted by Gasteiger charge is 2.09. The molecule has 1 aliphatic rings. The van der Waals surface area contributed by atoms with Gasteiger partial charge in [0.05, 0.1) is 0 Å². The van der Waals surface area contributed by atoms with Crippen molar-refractivity contribution >= 4 is 6.08 Å². The van der Waals surface area contributed by atoms with E-state index < -0.39 is 0 Å². The van der Waals surface area contributed by atoms with Crippen molar-refractivity contribution in [3.63, 3.8) is 0 Å². The minimum atomic E-state index is 0.734. The van der Waals surface area contributed by atoms with E-state index in [0.717, 1.165) is 25.8 Å². The van der Waals surface area contributed by atoms with E-state index in [1.54, 1.807) is 0 Å². The summed E-state index contributed by atoms with van der Waals surface area (Å²) in [6.45, 7) is 0.734. The molecule has 0 unspecified atom stereocenters. The Morgan fingerprint density at radius 3 is 3.25 bits per heavy atom. The molecule has 2 nitrogen and oxygen atoms in total. The van der Waals surface area contributed by atoms with Crippen LogP contribution in [0.25, 0.3) is 6.08 Å². The first kappa shape index (κ1) is 7.62. The lowest BCUT2D eigenvalue weighted by atomic mass is 10.0. The highest BCUT2D eigenvalue weighted by Crippen LogP contribution is 2.22. The van der Waals surface area contributed by atoms with Crippen LogP contribution in [-0.4, -0.2) is 11.5 Å². The van der Waals surface area contributed by atoms with Crippen LogP contribution in [0.4, 0.5) is 0 Å². The van der Waals surface area contributed by atoms with Gasteiger partial charge in [-0.05, 0) is 36.9 Å². The van der Waals surface area contributed by atoms with Crippen LogP contribution < -0.4 is 5.73 Å². The standard InChI is InChI=1S/C10H14N2/c11-6-5-8-7-12-10-4-2-1-3-9(8)10/h1,3,7,12H,2,4-6,11H2. The molecular weight excluding hydrogens is 148 g/mol. The molecule has 12 heavy (non-hydrogen) atoms. The van der Waals surface area contributed by atoms with Crippen molar-refractivity contribution in [3.8, 4) is 0 Å². The van der Waals surface area contributed by atoms with Crippen LogP contribution in [0.15, 0.2) is 12.3 Å². The van der Waals surface area contributed by atoms with Crippen LogP contribution in [-0.2, 0) is 12.8 Å². The number of aromatic nitrogens is 1. The Kier molecular flexibility index (Phi) is 2.00. The van der Waals surface area contributed by atoms with Crippen molar-refractivity contribution in [3.05, 3.63) is 29.1 Å². The fourth-order valence-electron chi connectivity index (χ4n) is 1.73. The summed E-state index contributed by atoms with van der Waals surface area (Å²) in [5.74, 6) is 0. The summed E-state index contributed by atoms with van der Waals surface area (Å²) in [6.07, 6.45) is 9.83. The number of H-pyrrole nitrogens is 1. The van der Waals surface area contributed by atoms with Gasteiger partial charge in [-0.3, -0.25) is 0 Å². The van der Waals surface area contributed by atoms with E-state index >= 15 is 0 Å². The lowest BCUT2D eigenvalue weighted by Gasteiger charge is -2.05. The summed E-state index contributed by atoms with van der Waals surface area (Å²) in [5, 5.41) is 0. The van der Waals surface area contributed by atoms with Gasteiger partial charge in [0.2, 0.25) is 0 Å². The predicted molar refractivity (Wildman–Crippen MR) is 50.9 cm³/mol. The Bertz CT molecular complexity index is 297. The third-order valence-electron chi connectivity index (χ3n) is 2.35. The molecule has 0 radical (unpaired) electrons. The second-order valence-corrected chi connectivity index (χ2v) is 3.19. The number of hydrogen-bond acceptors (Lipinski definition) is 1. The van der Waals surface area contributed by atoms with Crippen LogP contribution in [0.1, 0.15) is 23.2 Å². The topological polar surface area (TPSA) is 41.8 Å². The zero-order valence-corrected chi connectivity index (χ0v) is 7.14. The molecule has 1 aromatic rings. The fraction of sp³-hybridized carbons (Fsp3) is 0.400. The molecule has 0 atom stereocenters. The Morgan fingerprint density at radius 2 is 2.42 bits per heavy atom. The van der Waals surface area contributed by atoms with E-state index in [1.807, 2.05) is 0 Å². The molecule has 0 aromatic carbocycles. The number of nitrogens with one attached hydrogen (secondary N) is 1. The molecule has 0 aliphatic heterocycles. The lowest BCUT2D eigenvalue weighted by molar-refractivity contribution is 0.939. The van der Waals surface area contributed by atoms with Crippen LogP contribution in [0.5, 0.6) is 0 Å². The van der Waals surface area contributed by atoms with Gasteiger partial charge in [-0.2, -0.15) is 0 Å². The van der Waals surface area contributed by atoms with Gasteiger partial charge in [0, 0.05) is 11.9 Å². The molecule has 2 rings (SSSR count). The molecule has 0 fully saturated rings. The minimum absolute atomic E-state index is 0.734.